The summed E-state index contributed by atoms with van der Waals surface area (Å²) in [5.41, 5.74) is 2.15. The van der Waals surface area contributed by atoms with Crippen LogP contribution in [0.1, 0.15) is 56.3 Å². The zero-order valence-corrected chi connectivity index (χ0v) is 12.5. The zero-order valence-electron chi connectivity index (χ0n) is 11.7. The lowest BCUT2D eigenvalue weighted by molar-refractivity contribution is -0.115. The van der Waals surface area contributed by atoms with E-state index in [1.165, 1.54) is 38.5 Å². The van der Waals surface area contributed by atoms with Gasteiger partial charge in [-0.15, -0.1) is 11.8 Å². The van der Waals surface area contributed by atoms with Crippen LogP contribution in [0, 0.1) is 0 Å². The molecule has 1 heterocycles. The molecule has 2 rings (SSSR count). The minimum Gasteiger partial charge on any atom is -0.325 e. The summed E-state index contributed by atoms with van der Waals surface area (Å²) in [5.74, 6) is 1.23. The van der Waals surface area contributed by atoms with Gasteiger partial charge in [0, 0.05) is 5.69 Å². The average Bonchev–Trinajstić information content (AvgIpc) is 2.74. The van der Waals surface area contributed by atoms with Crippen LogP contribution in [0.2, 0.25) is 0 Å². The van der Waals surface area contributed by atoms with Crippen molar-refractivity contribution in [3.05, 3.63) is 29.8 Å². The fourth-order valence-corrected chi connectivity index (χ4v) is 3.63. The van der Waals surface area contributed by atoms with Crippen LogP contribution in [-0.2, 0) is 4.79 Å². The van der Waals surface area contributed by atoms with Crippen LogP contribution in [0.25, 0.3) is 0 Å². The maximum atomic E-state index is 11.9. The van der Waals surface area contributed by atoms with Crippen molar-refractivity contribution in [2.45, 2.75) is 50.7 Å². The minimum absolute atomic E-state index is 0.00634. The molecule has 1 aromatic rings. The smallest absolute Gasteiger partial charge is 0.242 e. The van der Waals surface area contributed by atoms with Crippen LogP contribution < -0.4 is 5.32 Å². The number of anilines is 1. The molecular formula is C16H23NOS. The quantitative estimate of drug-likeness (QED) is 0.693. The monoisotopic (exact) mass is 277 g/mol. The number of carbonyl (C=O) groups excluding carboxylic acids is 1. The number of fused-ring (bicyclic) bond motifs is 1. The van der Waals surface area contributed by atoms with Crippen molar-refractivity contribution in [3.63, 3.8) is 0 Å². The first-order valence-electron chi connectivity index (χ1n) is 7.34. The van der Waals surface area contributed by atoms with E-state index in [1.54, 1.807) is 11.8 Å². The van der Waals surface area contributed by atoms with Crippen LogP contribution in [0.3, 0.4) is 0 Å². The first-order chi connectivity index (χ1) is 9.33. The highest BCUT2D eigenvalue weighted by atomic mass is 32.2. The van der Waals surface area contributed by atoms with Gasteiger partial charge in [-0.05, 0) is 23.8 Å². The highest BCUT2D eigenvalue weighted by Gasteiger charge is 2.29. The Bertz CT molecular complexity index is 419. The number of thioether (sulfide) groups is 1. The zero-order chi connectivity index (χ0) is 13.5. The Morgan fingerprint density at radius 3 is 2.68 bits per heavy atom. The molecule has 0 spiro atoms. The van der Waals surface area contributed by atoms with Crippen molar-refractivity contribution in [1.82, 2.24) is 0 Å². The van der Waals surface area contributed by atoms with E-state index < -0.39 is 0 Å². The molecule has 0 saturated heterocycles. The third kappa shape index (κ3) is 4.00. The predicted molar refractivity (Wildman–Crippen MR) is 83.6 cm³/mol. The fraction of sp³-hybridized carbons (Fsp3) is 0.562. The molecule has 0 unspecified atom stereocenters. The Balaban J connectivity index is 1.70. The first-order valence-corrected chi connectivity index (χ1v) is 8.39. The molecule has 1 aliphatic rings. The summed E-state index contributed by atoms with van der Waals surface area (Å²) < 4.78 is 0. The summed E-state index contributed by atoms with van der Waals surface area (Å²) in [6, 6.07) is 8.03. The van der Waals surface area contributed by atoms with E-state index in [-0.39, 0.29) is 11.2 Å². The second-order valence-electron chi connectivity index (χ2n) is 5.10. The van der Waals surface area contributed by atoms with Crippen molar-refractivity contribution in [2.24, 2.45) is 0 Å². The summed E-state index contributed by atoms with van der Waals surface area (Å²) in [7, 11) is 0. The Morgan fingerprint density at radius 1 is 1.11 bits per heavy atom. The number of nitrogens with one attached hydrogen (secondary N) is 1. The van der Waals surface area contributed by atoms with Gasteiger partial charge in [-0.2, -0.15) is 0 Å². The topological polar surface area (TPSA) is 29.1 Å². The second-order valence-corrected chi connectivity index (χ2v) is 6.31. The molecule has 1 aliphatic heterocycles. The van der Waals surface area contributed by atoms with Crippen molar-refractivity contribution >= 4 is 23.4 Å². The average molecular weight is 277 g/mol. The van der Waals surface area contributed by atoms with E-state index in [0.717, 1.165) is 17.0 Å². The van der Waals surface area contributed by atoms with E-state index in [1.807, 2.05) is 18.2 Å². The lowest BCUT2D eigenvalue weighted by Crippen LogP contribution is -2.09. The van der Waals surface area contributed by atoms with Gasteiger partial charge in [0.15, 0.2) is 0 Å². The minimum atomic E-state index is 0.00634. The summed E-state index contributed by atoms with van der Waals surface area (Å²) in [6.07, 6.45) is 7.86. The molecule has 19 heavy (non-hydrogen) atoms. The number of unbranched alkanes of at least 4 members (excludes halogenated alkanes) is 5. The lowest BCUT2D eigenvalue weighted by atomic mass is 10.1. The number of rotatable bonds is 8. The van der Waals surface area contributed by atoms with Crippen LogP contribution in [-0.4, -0.2) is 11.7 Å². The second kappa shape index (κ2) is 7.59. The van der Waals surface area contributed by atoms with Crippen LogP contribution in [0.5, 0.6) is 0 Å². The molecule has 1 N–H and O–H groups in total. The number of hydrogen-bond donors (Lipinski definition) is 1. The molecule has 0 aliphatic carbocycles. The summed E-state index contributed by atoms with van der Waals surface area (Å²) in [5, 5.41) is 2.96. The number of hydrogen-bond acceptors (Lipinski definition) is 2. The normalized spacial score (nSPS) is 17.3. The van der Waals surface area contributed by atoms with E-state index in [2.05, 4.69) is 18.3 Å². The largest absolute Gasteiger partial charge is 0.325 e. The van der Waals surface area contributed by atoms with Gasteiger partial charge < -0.3 is 5.32 Å². The summed E-state index contributed by atoms with van der Waals surface area (Å²) in [4.78, 5) is 11.9. The molecule has 0 bridgehead atoms. The molecule has 2 nitrogen and oxygen atoms in total. The number of para-hydroxylation sites is 1. The van der Waals surface area contributed by atoms with Crippen LogP contribution >= 0.6 is 11.8 Å². The van der Waals surface area contributed by atoms with Crippen LogP contribution in [0.15, 0.2) is 24.3 Å². The van der Waals surface area contributed by atoms with Gasteiger partial charge in [-0.25, -0.2) is 0 Å². The molecule has 3 heteroatoms. The standard InChI is InChI=1S/C16H23NOS/c1-2-3-4-5-6-9-12-19-15-13-10-7-8-11-14(13)17-16(15)18/h7-8,10-11,15H,2-6,9,12H2,1H3,(H,17,18)/t15-/m1/s1. The predicted octanol–water partition coefficient (Wildman–Crippen LogP) is 4.77. The van der Waals surface area contributed by atoms with Gasteiger partial charge >= 0.3 is 0 Å². The highest BCUT2D eigenvalue weighted by Crippen LogP contribution is 2.40. The van der Waals surface area contributed by atoms with Gasteiger partial charge in [0.05, 0.1) is 0 Å². The molecule has 1 atom stereocenters. The van der Waals surface area contributed by atoms with Gasteiger partial charge in [0.2, 0.25) is 5.91 Å². The number of benzene rings is 1. The van der Waals surface area contributed by atoms with E-state index in [9.17, 15) is 4.79 Å². The molecule has 1 aromatic carbocycles. The molecule has 0 fully saturated rings. The van der Waals surface area contributed by atoms with Gasteiger partial charge in [0.1, 0.15) is 5.25 Å². The van der Waals surface area contributed by atoms with Crippen molar-refractivity contribution < 1.29 is 4.79 Å². The Kier molecular flexibility index (Phi) is 5.77. The Labute approximate surface area is 120 Å². The van der Waals surface area contributed by atoms with Crippen molar-refractivity contribution in [1.29, 1.82) is 0 Å². The van der Waals surface area contributed by atoms with Gasteiger partial charge in [0.25, 0.3) is 0 Å². The molecule has 104 valence electrons. The molecule has 0 radical (unpaired) electrons. The third-order valence-electron chi connectivity index (χ3n) is 3.52. The summed E-state index contributed by atoms with van der Waals surface area (Å²) >= 11 is 1.79. The molecule has 0 saturated carbocycles. The lowest BCUT2D eigenvalue weighted by Gasteiger charge is -2.08. The Morgan fingerprint density at radius 2 is 1.84 bits per heavy atom. The first kappa shape index (κ1) is 14.4. The van der Waals surface area contributed by atoms with E-state index in [0.29, 0.717) is 0 Å². The van der Waals surface area contributed by atoms with Crippen molar-refractivity contribution in [3.8, 4) is 0 Å². The highest BCUT2D eigenvalue weighted by molar-refractivity contribution is 8.00. The SMILES string of the molecule is CCCCCCCCS[C@H]1C(=O)Nc2ccccc21. The summed E-state index contributed by atoms with van der Waals surface area (Å²) in [6.45, 7) is 2.24. The van der Waals surface area contributed by atoms with Crippen molar-refractivity contribution in [2.75, 3.05) is 11.1 Å². The third-order valence-corrected chi connectivity index (χ3v) is 4.85. The maximum absolute atomic E-state index is 11.9. The molecule has 1 amide bonds. The molecular weight excluding hydrogens is 254 g/mol. The Hall–Kier alpha value is -0.960. The number of amides is 1. The fourth-order valence-electron chi connectivity index (χ4n) is 2.43. The maximum Gasteiger partial charge on any atom is 0.242 e. The van der Waals surface area contributed by atoms with Gasteiger partial charge in [-0.3, -0.25) is 4.79 Å². The molecule has 0 aromatic heterocycles. The van der Waals surface area contributed by atoms with Crippen LogP contribution in [0.4, 0.5) is 5.69 Å². The van der Waals surface area contributed by atoms with Gasteiger partial charge in [-0.1, -0.05) is 57.2 Å². The van der Waals surface area contributed by atoms with E-state index in [4.69, 9.17) is 0 Å². The van der Waals surface area contributed by atoms with E-state index >= 15 is 0 Å². The number of carbonyl (C=O) groups is 1.